The number of hydrogen-bond donors (Lipinski definition) is 0. The van der Waals surface area contributed by atoms with E-state index in [1.54, 1.807) is 18.2 Å². The minimum atomic E-state index is -0.675. The second kappa shape index (κ2) is 5.05. The molecule has 0 amide bonds. The average Bonchev–Trinajstić information content (AvgIpc) is 2.16. The van der Waals surface area contributed by atoms with Gasteiger partial charge in [-0.15, -0.1) is 0 Å². The quantitative estimate of drug-likeness (QED) is 0.466. The van der Waals surface area contributed by atoms with Gasteiger partial charge in [-0.25, -0.2) is 9.68 Å². The molecular weight excluding hydrogens is 239 g/mol. The van der Waals surface area contributed by atoms with Crippen molar-refractivity contribution in [2.45, 2.75) is 6.92 Å². The fourth-order valence-corrected chi connectivity index (χ4v) is 1.17. The molecule has 0 fully saturated rings. The van der Waals surface area contributed by atoms with E-state index >= 15 is 0 Å². The number of para-hydroxylation sites is 1. The van der Waals surface area contributed by atoms with Gasteiger partial charge in [0.2, 0.25) is 5.75 Å². The van der Waals surface area contributed by atoms with Gasteiger partial charge in [-0.05, 0) is 19.1 Å². The summed E-state index contributed by atoms with van der Waals surface area (Å²) in [4.78, 5) is 20.2. The van der Waals surface area contributed by atoms with Crippen molar-refractivity contribution in [2.75, 3.05) is 0 Å². The summed E-state index contributed by atoms with van der Waals surface area (Å²) in [6.45, 7) is 4.89. The number of carbonyl (C=O) groups is 1. The molecule has 0 bridgehead atoms. The predicted octanol–water partition coefficient (Wildman–Crippen LogP) is 3.41. The molecule has 0 saturated heterocycles. The van der Waals surface area contributed by atoms with Crippen molar-refractivity contribution in [1.82, 2.24) is 0 Å². The van der Waals surface area contributed by atoms with Crippen molar-refractivity contribution in [3.63, 3.8) is 0 Å². The Kier molecular flexibility index (Phi) is 4.00. The van der Waals surface area contributed by atoms with Gasteiger partial charge in [0.1, 0.15) is 0 Å². The number of halogens is 2. The van der Waals surface area contributed by atoms with Crippen molar-refractivity contribution in [3.8, 4) is 5.75 Å². The van der Waals surface area contributed by atoms with E-state index in [1.807, 2.05) is 0 Å². The molecule has 0 atom stereocenters. The van der Waals surface area contributed by atoms with E-state index in [1.165, 1.54) is 6.92 Å². The molecule has 0 heterocycles. The molecule has 1 aromatic rings. The lowest BCUT2D eigenvalue weighted by atomic mass is 10.3. The normalized spacial score (nSPS) is 9.53. The van der Waals surface area contributed by atoms with E-state index in [-0.39, 0.29) is 21.4 Å². The first-order chi connectivity index (χ1) is 7.02. The van der Waals surface area contributed by atoms with E-state index in [0.29, 0.717) is 0 Å². The Hall–Kier alpha value is -1.19. The van der Waals surface area contributed by atoms with E-state index in [0.717, 1.165) is 0 Å². The fourth-order valence-electron chi connectivity index (χ4n) is 0.713. The lowest BCUT2D eigenvalue weighted by Crippen LogP contribution is -2.08. The lowest BCUT2D eigenvalue weighted by Gasteiger charge is -2.06. The Morgan fingerprint density at radius 1 is 1.33 bits per heavy atom. The number of carbonyl (C=O) groups excluding carboxylic acids is 1. The van der Waals surface area contributed by atoms with Gasteiger partial charge in [0.05, 0.1) is 10.0 Å². The molecule has 0 N–H and O–H groups in total. The Morgan fingerprint density at radius 2 is 1.87 bits per heavy atom. The average molecular weight is 247 g/mol. The van der Waals surface area contributed by atoms with Crippen molar-refractivity contribution in [3.05, 3.63) is 40.4 Å². The zero-order valence-electron chi connectivity index (χ0n) is 7.92. The van der Waals surface area contributed by atoms with E-state index in [4.69, 9.17) is 28.1 Å². The smallest absolute Gasteiger partial charge is 0.283 e. The summed E-state index contributed by atoms with van der Waals surface area (Å²) < 4.78 is 0. The summed E-state index contributed by atoms with van der Waals surface area (Å²) in [5.41, 5.74) is 0.221. The summed E-state index contributed by atoms with van der Waals surface area (Å²) in [6, 6.07) is 4.78. The SMILES string of the molecule is C=C(C)C(=O)OOc1c(Cl)cccc1Cl. The van der Waals surface area contributed by atoms with Crippen LogP contribution < -0.4 is 4.89 Å². The van der Waals surface area contributed by atoms with Crippen LogP contribution in [-0.2, 0) is 9.68 Å². The monoisotopic (exact) mass is 246 g/mol. The van der Waals surface area contributed by atoms with Crippen LogP contribution in [0, 0.1) is 0 Å². The molecule has 80 valence electrons. The van der Waals surface area contributed by atoms with Gasteiger partial charge in [-0.3, -0.25) is 4.89 Å². The second-order valence-corrected chi connectivity index (χ2v) is 3.60. The van der Waals surface area contributed by atoms with Gasteiger partial charge in [0.15, 0.2) is 0 Å². The van der Waals surface area contributed by atoms with Gasteiger partial charge in [0.25, 0.3) is 0 Å². The zero-order chi connectivity index (χ0) is 11.4. The highest BCUT2D eigenvalue weighted by molar-refractivity contribution is 6.37. The van der Waals surface area contributed by atoms with Crippen LogP contribution in [0.5, 0.6) is 5.75 Å². The fraction of sp³-hybridized carbons (Fsp3) is 0.100. The first kappa shape index (κ1) is 11.9. The summed E-state index contributed by atoms with van der Waals surface area (Å²) in [7, 11) is 0. The van der Waals surface area contributed by atoms with Crippen LogP contribution in [0.2, 0.25) is 10.0 Å². The Morgan fingerprint density at radius 3 is 2.33 bits per heavy atom. The highest BCUT2D eigenvalue weighted by atomic mass is 35.5. The minimum absolute atomic E-state index is 0.107. The summed E-state index contributed by atoms with van der Waals surface area (Å²) in [6.07, 6.45) is 0. The predicted molar refractivity (Wildman–Crippen MR) is 58.0 cm³/mol. The molecule has 0 aliphatic carbocycles. The Labute approximate surface area is 97.1 Å². The van der Waals surface area contributed by atoms with Crippen LogP contribution in [0.1, 0.15) is 6.92 Å². The van der Waals surface area contributed by atoms with Gasteiger partial charge in [-0.1, -0.05) is 35.8 Å². The van der Waals surface area contributed by atoms with Crippen LogP contribution in [0.15, 0.2) is 30.4 Å². The maximum atomic E-state index is 11.0. The molecule has 0 aromatic heterocycles. The van der Waals surface area contributed by atoms with Crippen molar-refractivity contribution >= 4 is 29.2 Å². The molecule has 1 aromatic carbocycles. The minimum Gasteiger partial charge on any atom is -0.283 e. The summed E-state index contributed by atoms with van der Waals surface area (Å²) in [5, 5.41) is 0.522. The third-order valence-electron chi connectivity index (χ3n) is 1.47. The third-order valence-corrected chi connectivity index (χ3v) is 2.06. The zero-order valence-corrected chi connectivity index (χ0v) is 9.43. The molecular formula is C10H8Cl2O3. The van der Waals surface area contributed by atoms with Crippen molar-refractivity contribution < 1.29 is 14.6 Å². The number of hydrogen-bond acceptors (Lipinski definition) is 3. The van der Waals surface area contributed by atoms with Crippen LogP contribution in [-0.4, -0.2) is 5.97 Å². The van der Waals surface area contributed by atoms with Crippen LogP contribution >= 0.6 is 23.2 Å². The molecule has 0 spiro atoms. The molecule has 3 nitrogen and oxygen atoms in total. The molecule has 5 heteroatoms. The molecule has 0 aliphatic rings. The lowest BCUT2D eigenvalue weighted by molar-refractivity contribution is -0.208. The Balaban J connectivity index is 2.73. The van der Waals surface area contributed by atoms with Crippen molar-refractivity contribution in [1.29, 1.82) is 0 Å². The largest absolute Gasteiger partial charge is 0.381 e. The molecule has 15 heavy (non-hydrogen) atoms. The van der Waals surface area contributed by atoms with E-state index in [9.17, 15) is 4.79 Å². The highest BCUT2D eigenvalue weighted by Gasteiger charge is 2.11. The first-order valence-corrected chi connectivity index (χ1v) is 4.76. The van der Waals surface area contributed by atoms with Gasteiger partial charge in [-0.2, -0.15) is 0 Å². The van der Waals surface area contributed by atoms with E-state index in [2.05, 4.69) is 11.5 Å². The van der Waals surface area contributed by atoms with Crippen molar-refractivity contribution in [2.24, 2.45) is 0 Å². The van der Waals surface area contributed by atoms with Gasteiger partial charge < -0.3 is 0 Å². The highest BCUT2D eigenvalue weighted by Crippen LogP contribution is 2.32. The topological polar surface area (TPSA) is 35.5 Å². The van der Waals surface area contributed by atoms with Crippen LogP contribution in [0.3, 0.4) is 0 Å². The molecule has 0 radical (unpaired) electrons. The summed E-state index contributed by atoms with van der Waals surface area (Å²) >= 11 is 11.5. The molecule has 1 rings (SSSR count). The van der Waals surface area contributed by atoms with Gasteiger partial charge in [0, 0.05) is 5.57 Å². The van der Waals surface area contributed by atoms with E-state index < -0.39 is 5.97 Å². The second-order valence-electron chi connectivity index (χ2n) is 2.79. The van der Waals surface area contributed by atoms with Gasteiger partial charge >= 0.3 is 5.97 Å². The molecule has 0 saturated carbocycles. The summed E-state index contributed by atoms with van der Waals surface area (Å²) in [5.74, 6) is -0.568. The molecule has 0 aliphatic heterocycles. The number of benzene rings is 1. The number of rotatable bonds is 3. The maximum absolute atomic E-state index is 11.0. The third kappa shape index (κ3) is 3.15. The first-order valence-electron chi connectivity index (χ1n) is 4.00. The molecule has 0 unspecified atom stereocenters. The Bertz CT molecular complexity index is 381. The van der Waals surface area contributed by atoms with Crippen LogP contribution in [0.25, 0.3) is 0 Å². The maximum Gasteiger partial charge on any atom is 0.381 e. The standard InChI is InChI=1S/C10H8Cl2O3/c1-6(2)10(13)15-14-9-7(11)4-3-5-8(9)12/h3-5H,1H2,2H3. The van der Waals surface area contributed by atoms with Crippen LogP contribution in [0.4, 0.5) is 0 Å².